The first kappa shape index (κ1) is 31.6. The van der Waals surface area contributed by atoms with Crippen LogP contribution in [0, 0.1) is 5.92 Å². The van der Waals surface area contributed by atoms with E-state index < -0.39 is 24.0 Å². The van der Waals surface area contributed by atoms with Gasteiger partial charge < -0.3 is 25.8 Å². The average Bonchev–Trinajstić information content (AvgIpc) is 3.48. The lowest BCUT2D eigenvalue weighted by molar-refractivity contribution is -0.130. The summed E-state index contributed by atoms with van der Waals surface area (Å²) in [6.45, 7) is 4.41. The van der Waals surface area contributed by atoms with Crippen LogP contribution in [-0.2, 0) is 27.3 Å². The van der Waals surface area contributed by atoms with Gasteiger partial charge in [-0.3, -0.25) is 24.0 Å². The summed E-state index contributed by atoms with van der Waals surface area (Å²) in [5, 5.41) is 13.8. The summed E-state index contributed by atoms with van der Waals surface area (Å²) in [7, 11) is 0. The van der Waals surface area contributed by atoms with Crippen molar-refractivity contribution in [1.29, 1.82) is 0 Å². The number of amides is 4. The Hall–Kier alpha value is -4.32. The van der Waals surface area contributed by atoms with E-state index in [-0.39, 0.29) is 47.9 Å². The van der Waals surface area contributed by atoms with Gasteiger partial charge in [0.05, 0.1) is 6.04 Å². The molecule has 3 atom stereocenters. The number of pyridine rings is 1. The van der Waals surface area contributed by atoms with Crippen molar-refractivity contribution in [3.63, 3.8) is 0 Å². The fourth-order valence-corrected chi connectivity index (χ4v) is 5.83. The molecule has 3 aromatic rings. The molecule has 0 unspecified atom stereocenters. The number of thiazole rings is 1. The van der Waals surface area contributed by atoms with Gasteiger partial charge in [-0.1, -0.05) is 50.2 Å². The molecule has 0 saturated heterocycles. The first-order valence-corrected chi connectivity index (χ1v) is 15.4. The minimum atomic E-state index is -0.821. The van der Waals surface area contributed by atoms with Gasteiger partial charge in [-0.25, -0.2) is 4.98 Å². The van der Waals surface area contributed by atoms with Crippen LogP contribution in [0.3, 0.4) is 0 Å². The van der Waals surface area contributed by atoms with Crippen LogP contribution in [0.25, 0.3) is 0 Å². The third kappa shape index (κ3) is 9.08. The molecule has 4 rings (SSSR count). The molecule has 0 saturated carbocycles. The number of aromatic nitrogens is 2. The minimum absolute atomic E-state index is 0.0329. The van der Waals surface area contributed by atoms with Gasteiger partial charge in [0.15, 0.2) is 0 Å². The summed E-state index contributed by atoms with van der Waals surface area (Å²) in [5.74, 6) is -1.54. The Morgan fingerprint density at radius 1 is 1.02 bits per heavy atom. The molecule has 1 aliphatic rings. The maximum atomic E-state index is 13.5. The Labute approximate surface area is 254 Å². The molecule has 11 nitrogen and oxygen atoms in total. The van der Waals surface area contributed by atoms with Gasteiger partial charge in [0.1, 0.15) is 22.8 Å². The molecule has 4 amide bonds. The van der Waals surface area contributed by atoms with E-state index in [1.165, 1.54) is 22.0 Å². The quantitative estimate of drug-likeness (QED) is 0.324. The van der Waals surface area contributed by atoms with Gasteiger partial charge >= 0.3 is 0 Å². The largest absolute Gasteiger partial charge is 0.354 e. The molecule has 3 heterocycles. The third-order valence-corrected chi connectivity index (χ3v) is 8.17. The van der Waals surface area contributed by atoms with Gasteiger partial charge in [-0.15, -0.1) is 11.3 Å². The van der Waals surface area contributed by atoms with Crippen LogP contribution < -0.4 is 26.8 Å². The molecule has 0 spiro atoms. The van der Waals surface area contributed by atoms with Crippen LogP contribution in [-0.4, -0.2) is 51.8 Å². The number of benzene rings is 1. The monoisotopic (exact) mass is 606 g/mol. The highest BCUT2D eigenvalue weighted by molar-refractivity contribution is 7.09. The predicted molar refractivity (Wildman–Crippen MR) is 163 cm³/mol. The topological polar surface area (TPSA) is 151 Å². The number of nitrogens with one attached hydrogen (secondary N) is 4. The SMILES string of the molecule is CC(C)[C@H]1NC(=O)[C@@H](NC(=O)CCn2ccccc2=O)CCCCNC(=O)[C@@H](Cc2ccccc2)NC(=O)c2csc1n2. The Morgan fingerprint density at radius 3 is 2.53 bits per heavy atom. The summed E-state index contributed by atoms with van der Waals surface area (Å²) >= 11 is 1.25. The van der Waals surface area contributed by atoms with Crippen LogP contribution in [0.1, 0.15) is 66.6 Å². The zero-order valence-electron chi connectivity index (χ0n) is 24.4. The fourth-order valence-electron chi connectivity index (χ4n) is 4.80. The van der Waals surface area contributed by atoms with E-state index in [4.69, 9.17) is 0 Å². The maximum absolute atomic E-state index is 13.5. The Kier molecular flexibility index (Phi) is 11.2. The lowest BCUT2D eigenvalue weighted by Gasteiger charge is -2.25. The number of carbonyl (C=O) groups excluding carboxylic acids is 4. The maximum Gasteiger partial charge on any atom is 0.271 e. The molecule has 0 aliphatic carbocycles. The van der Waals surface area contributed by atoms with Crippen molar-refractivity contribution in [2.24, 2.45) is 5.92 Å². The van der Waals surface area contributed by atoms with E-state index in [0.29, 0.717) is 37.2 Å². The number of nitrogens with zero attached hydrogens (tertiary/aromatic N) is 2. The first-order valence-electron chi connectivity index (χ1n) is 14.5. The zero-order valence-corrected chi connectivity index (χ0v) is 25.2. The Morgan fingerprint density at radius 2 is 1.79 bits per heavy atom. The lowest BCUT2D eigenvalue weighted by atomic mass is 10.0. The molecule has 12 heteroatoms. The van der Waals surface area contributed by atoms with E-state index in [2.05, 4.69) is 26.3 Å². The van der Waals surface area contributed by atoms with Gasteiger partial charge in [0.25, 0.3) is 11.5 Å². The van der Waals surface area contributed by atoms with Crippen molar-refractivity contribution < 1.29 is 19.2 Å². The lowest BCUT2D eigenvalue weighted by Crippen LogP contribution is -2.49. The molecule has 0 fully saturated rings. The third-order valence-electron chi connectivity index (χ3n) is 7.24. The van der Waals surface area contributed by atoms with Crippen molar-refractivity contribution in [3.05, 3.63) is 86.7 Å². The summed E-state index contributed by atoms with van der Waals surface area (Å²) < 4.78 is 1.44. The number of carbonyl (C=O) groups is 4. The number of hydrogen-bond donors (Lipinski definition) is 4. The summed E-state index contributed by atoms with van der Waals surface area (Å²) in [6, 6.07) is 12.1. The van der Waals surface area contributed by atoms with E-state index in [1.54, 1.807) is 23.7 Å². The van der Waals surface area contributed by atoms with Crippen LogP contribution >= 0.6 is 11.3 Å². The minimum Gasteiger partial charge on any atom is -0.354 e. The fraction of sp³-hybridized carbons (Fsp3) is 0.419. The first-order chi connectivity index (χ1) is 20.7. The number of aryl methyl sites for hydroxylation is 1. The van der Waals surface area contributed by atoms with E-state index in [0.717, 1.165) is 5.56 Å². The molecular formula is C31H38N6O5S. The van der Waals surface area contributed by atoms with Gasteiger partial charge in [-0.05, 0) is 36.8 Å². The number of fused-ring (bicyclic) bond motifs is 2. The van der Waals surface area contributed by atoms with Gasteiger partial charge in [0, 0.05) is 43.6 Å². The number of rotatable bonds is 7. The molecule has 2 aromatic heterocycles. The van der Waals surface area contributed by atoms with E-state index in [1.807, 2.05) is 44.2 Å². The van der Waals surface area contributed by atoms with Crippen LogP contribution in [0.15, 0.2) is 64.9 Å². The van der Waals surface area contributed by atoms with Crippen LogP contribution in [0.5, 0.6) is 0 Å². The second-order valence-electron chi connectivity index (χ2n) is 10.9. The standard InChI is InChI=1S/C31H38N6O5S/c1-20(2)27-31-35-24(19-43-31)30(42)34-23(18-21-10-4-3-5-11-21)28(40)32-15-8-6-12-22(29(41)36-27)33-25(38)14-17-37-16-9-7-13-26(37)39/h3-5,7,9-11,13,16,19-20,22-23,27H,6,8,12,14-15,17-18H2,1-2H3,(H,32,40)(H,33,38)(H,34,42)(H,36,41)/t22-,23+,27+/m0/s1. The molecule has 4 N–H and O–H groups in total. The smallest absolute Gasteiger partial charge is 0.271 e. The summed E-state index contributed by atoms with van der Waals surface area (Å²) in [5.41, 5.74) is 0.871. The van der Waals surface area contributed by atoms with Crippen molar-refractivity contribution in [3.8, 4) is 0 Å². The highest BCUT2D eigenvalue weighted by Gasteiger charge is 2.29. The van der Waals surface area contributed by atoms with Crippen LogP contribution in [0.4, 0.5) is 0 Å². The average molecular weight is 607 g/mol. The van der Waals surface area contributed by atoms with Crippen molar-refractivity contribution >= 4 is 35.0 Å². The van der Waals surface area contributed by atoms with Crippen molar-refractivity contribution in [2.75, 3.05) is 6.54 Å². The predicted octanol–water partition coefficient (Wildman–Crippen LogP) is 2.33. The molecule has 2 bridgehead atoms. The highest BCUT2D eigenvalue weighted by Crippen LogP contribution is 2.26. The molecule has 43 heavy (non-hydrogen) atoms. The Balaban J connectivity index is 1.51. The van der Waals surface area contributed by atoms with Crippen LogP contribution in [0.2, 0.25) is 0 Å². The van der Waals surface area contributed by atoms with Gasteiger partial charge in [0.2, 0.25) is 17.7 Å². The Bertz CT molecular complexity index is 1470. The molecule has 0 radical (unpaired) electrons. The van der Waals surface area contributed by atoms with E-state index in [9.17, 15) is 24.0 Å². The molecule has 1 aromatic carbocycles. The zero-order chi connectivity index (χ0) is 30.8. The summed E-state index contributed by atoms with van der Waals surface area (Å²) in [6.07, 6.45) is 3.45. The van der Waals surface area contributed by atoms with Crippen molar-refractivity contribution in [1.82, 2.24) is 30.8 Å². The van der Waals surface area contributed by atoms with E-state index >= 15 is 0 Å². The van der Waals surface area contributed by atoms with Crippen molar-refractivity contribution in [2.45, 2.75) is 70.6 Å². The number of hydrogen-bond acceptors (Lipinski definition) is 7. The summed E-state index contributed by atoms with van der Waals surface area (Å²) in [4.78, 5) is 69.2. The molecular weight excluding hydrogens is 568 g/mol. The normalized spacial score (nSPS) is 20.2. The molecule has 1 aliphatic heterocycles. The second-order valence-corrected chi connectivity index (χ2v) is 11.8. The molecule has 228 valence electrons. The van der Waals surface area contributed by atoms with Gasteiger partial charge in [-0.2, -0.15) is 0 Å². The highest BCUT2D eigenvalue weighted by atomic mass is 32.1. The second kappa shape index (κ2) is 15.2.